The van der Waals surface area contributed by atoms with Crippen LogP contribution in [0.15, 0.2) is 28.7 Å². The molecule has 2 N–H and O–H groups in total. The van der Waals surface area contributed by atoms with Crippen LogP contribution in [0.25, 0.3) is 11.3 Å². The van der Waals surface area contributed by atoms with Crippen molar-refractivity contribution in [1.29, 1.82) is 0 Å². The number of aryl methyl sites for hydroxylation is 1. The van der Waals surface area contributed by atoms with Crippen LogP contribution in [0.2, 0.25) is 0 Å². The number of benzene rings is 1. The topological polar surface area (TPSA) is 48.9 Å². The molecule has 0 saturated carbocycles. The van der Waals surface area contributed by atoms with E-state index in [1.165, 1.54) is 0 Å². The van der Waals surface area contributed by atoms with Crippen LogP contribution < -0.4 is 0 Å². The molecule has 3 nitrogen and oxygen atoms in total. The molecular weight excluding hydrogens is 256 g/mol. The van der Waals surface area contributed by atoms with E-state index in [1.807, 2.05) is 31.2 Å². The van der Waals surface area contributed by atoms with Gasteiger partial charge in [-0.1, -0.05) is 34.1 Å². The summed E-state index contributed by atoms with van der Waals surface area (Å²) in [6.07, 6.45) is 0. The fraction of sp³-hybridized carbons (Fsp3) is 0.182. The standard InChI is InChI=1S/C11H11BrN2O/c1-7-11(14-10(6-15)13-7)8-4-2-3-5-9(8)12/h2-5,15H,6H2,1H3,(H,13,14). The first-order valence-electron chi connectivity index (χ1n) is 4.63. The van der Waals surface area contributed by atoms with E-state index in [4.69, 9.17) is 5.11 Å². The number of hydrogen-bond donors (Lipinski definition) is 2. The summed E-state index contributed by atoms with van der Waals surface area (Å²) in [5, 5.41) is 8.99. The van der Waals surface area contributed by atoms with E-state index in [9.17, 15) is 0 Å². The Hall–Kier alpha value is -1.13. The molecule has 1 heterocycles. The fourth-order valence-corrected chi connectivity index (χ4v) is 1.99. The minimum absolute atomic E-state index is 0.0642. The minimum Gasteiger partial charge on any atom is -0.388 e. The Morgan fingerprint density at radius 3 is 2.73 bits per heavy atom. The van der Waals surface area contributed by atoms with Crippen molar-refractivity contribution in [3.8, 4) is 11.3 Å². The molecule has 0 aliphatic carbocycles. The van der Waals surface area contributed by atoms with E-state index in [0.717, 1.165) is 21.4 Å². The lowest BCUT2D eigenvalue weighted by atomic mass is 10.1. The third kappa shape index (κ3) is 1.96. The molecule has 4 heteroatoms. The second kappa shape index (κ2) is 4.16. The van der Waals surface area contributed by atoms with Crippen molar-refractivity contribution in [3.05, 3.63) is 40.3 Å². The molecule has 0 amide bonds. The maximum atomic E-state index is 8.99. The molecule has 0 spiro atoms. The van der Waals surface area contributed by atoms with Crippen molar-refractivity contribution in [1.82, 2.24) is 9.97 Å². The Bertz CT molecular complexity index is 479. The van der Waals surface area contributed by atoms with Crippen LogP contribution in [0.3, 0.4) is 0 Å². The van der Waals surface area contributed by atoms with E-state index in [2.05, 4.69) is 25.9 Å². The SMILES string of the molecule is Cc1[nH]c(CO)nc1-c1ccccc1Br. The minimum atomic E-state index is -0.0642. The molecular formula is C11H11BrN2O. The first-order chi connectivity index (χ1) is 7.22. The van der Waals surface area contributed by atoms with Gasteiger partial charge in [0.15, 0.2) is 0 Å². The number of aliphatic hydroxyl groups is 1. The maximum Gasteiger partial charge on any atom is 0.132 e. The second-order valence-electron chi connectivity index (χ2n) is 3.30. The smallest absolute Gasteiger partial charge is 0.132 e. The third-order valence-electron chi connectivity index (χ3n) is 2.21. The number of imidazole rings is 1. The predicted octanol–water partition coefficient (Wildman–Crippen LogP) is 2.64. The molecule has 0 aliphatic rings. The van der Waals surface area contributed by atoms with Gasteiger partial charge in [-0.05, 0) is 13.0 Å². The van der Waals surface area contributed by atoms with Gasteiger partial charge in [-0.25, -0.2) is 4.98 Å². The van der Waals surface area contributed by atoms with Crippen LogP contribution in [-0.2, 0) is 6.61 Å². The van der Waals surface area contributed by atoms with Crippen molar-refractivity contribution in [3.63, 3.8) is 0 Å². The number of H-pyrrole nitrogens is 1. The zero-order valence-corrected chi connectivity index (χ0v) is 9.87. The lowest BCUT2D eigenvalue weighted by molar-refractivity contribution is 0.272. The first-order valence-corrected chi connectivity index (χ1v) is 5.43. The summed E-state index contributed by atoms with van der Waals surface area (Å²) < 4.78 is 1.00. The molecule has 0 radical (unpaired) electrons. The number of nitrogens with zero attached hydrogens (tertiary/aromatic N) is 1. The highest BCUT2D eigenvalue weighted by Gasteiger charge is 2.10. The Balaban J connectivity index is 2.54. The second-order valence-corrected chi connectivity index (χ2v) is 4.15. The van der Waals surface area contributed by atoms with E-state index in [1.54, 1.807) is 0 Å². The molecule has 0 atom stereocenters. The molecule has 0 unspecified atom stereocenters. The molecule has 0 fully saturated rings. The van der Waals surface area contributed by atoms with Gasteiger partial charge in [-0.15, -0.1) is 0 Å². The number of aliphatic hydroxyl groups excluding tert-OH is 1. The third-order valence-corrected chi connectivity index (χ3v) is 2.90. The normalized spacial score (nSPS) is 10.6. The zero-order chi connectivity index (χ0) is 10.8. The predicted molar refractivity (Wildman–Crippen MR) is 62.4 cm³/mol. The van der Waals surface area contributed by atoms with E-state index in [-0.39, 0.29) is 6.61 Å². The number of halogens is 1. The van der Waals surface area contributed by atoms with Gasteiger partial charge in [0.2, 0.25) is 0 Å². The summed E-state index contributed by atoms with van der Waals surface area (Å²) in [5.74, 6) is 0.596. The van der Waals surface area contributed by atoms with Crippen LogP contribution in [0.1, 0.15) is 11.5 Å². The summed E-state index contributed by atoms with van der Waals surface area (Å²) in [5.41, 5.74) is 2.88. The summed E-state index contributed by atoms with van der Waals surface area (Å²) in [6, 6.07) is 7.89. The lowest BCUT2D eigenvalue weighted by Gasteiger charge is -2.00. The Morgan fingerprint density at radius 1 is 1.40 bits per heavy atom. The van der Waals surface area contributed by atoms with Gasteiger partial charge in [0, 0.05) is 15.7 Å². The highest BCUT2D eigenvalue weighted by molar-refractivity contribution is 9.10. The van der Waals surface area contributed by atoms with E-state index >= 15 is 0 Å². The summed E-state index contributed by atoms with van der Waals surface area (Å²) in [6.45, 7) is 1.88. The molecule has 0 aliphatic heterocycles. The first kappa shape index (κ1) is 10.4. The van der Waals surface area contributed by atoms with Gasteiger partial charge >= 0.3 is 0 Å². The van der Waals surface area contributed by atoms with Gasteiger partial charge in [0.1, 0.15) is 12.4 Å². The Labute approximate surface area is 96.3 Å². The van der Waals surface area contributed by atoms with Gasteiger partial charge in [-0.2, -0.15) is 0 Å². The summed E-state index contributed by atoms with van der Waals surface area (Å²) in [7, 11) is 0. The van der Waals surface area contributed by atoms with Crippen molar-refractivity contribution in [2.45, 2.75) is 13.5 Å². The monoisotopic (exact) mass is 266 g/mol. The van der Waals surface area contributed by atoms with Crippen LogP contribution in [0.5, 0.6) is 0 Å². The molecule has 0 bridgehead atoms. The average molecular weight is 267 g/mol. The largest absolute Gasteiger partial charge is 0.388 e. The number of aromatic nitrogens is 2. The van der Waals surface area contributed by atoms with Crippen LogP contribution in [0.4, 0.5) is 0 Å². The summed E-state index contributed by atoms with van der Waals surface area (Å²) >= 11 is 3.48. The van der Waals surface area contributed by atoms with Gasteiger partial charge < -0.3 is 10.1 Å². The highest BCUT2D eigenvalue weighted by Crippen LogP contribution is 2.28. The molecule has 15 heavy (non-hydrogen) atoms. The van der Waals surface area contributed by atoms with Gasteiger partial charge in [0.25, 0.3) is 0 Å². The number of rotatable bonds is 2. The number of hydrogen-bond acceptors (Lipinski definition) is 2. The van der Waals surface area contributed by atoms with E-state index < -0.39 is 0 Å². The summed E-state index contributed by atoms with van der Waals surface area (Å²) in [4.78, 5) is 7.36. The van der Waals surface area contributed by atoms with E-state index in [0.29, 0.717) is 5.82 Å². The van der Waals surface area contributed by atoms with Crippen LogP contribution >= 0.6 is 15.9 Å². The van der Waals surface area contributed by atoms with Crippen molar-refractivity contribution >= 4 is 15.9 Å². The maximum absolute atomic E-state index is 8.99. The number of aromatic amines is 1. The van der Waals surface area contributed by atoms with Crippen molar-refractivity contribution in [2.24, 2.45) is 0 Å². The fourth-order valence-electron chi connectivity index (χ4n) is 1.51. The quantitative estimate of drug-likeness (QED) is 0.878. The molecule has 2 aromatic rings. The van der Waals surface area contributed by atoms with Crippen LogP contribution in [-0.4, -0.2) is 15.1 Å². The van der Waals surface area contributed by atoms with Gasteiger partial charge in [-0.3, -0.25) is 0 Å². The molecule has 0 saturated heterocycles. The molecule has 78 valence electrons. The lowest BCUT2D eigenvalue weighted by Crippen LogP contribution is -1.85. The Morgan fingerprint density at radius 2 is 2.13 bits per heavy atom. The van der Waals surface area contributed by atoms with Crippen LogP contribution in [0, 0.1) is 6.92 Å². The number of nitrogens with one attached hydrogen (secondary N) is 1. The average Bonchev–Trinajstić information content (AvgIpc) is 2.60. The highest BCUT2D eigenvalue weighted by atomic mass is 79.9. The Kier molecular flexibility index (Phi) is 2.88. The van der Waals surface area contributed by atoms with Gasteiger partial charge in [0.05, 0.1) is 5.69 Å². The van der Waals surface area contributed by atoms with Crippen molar-refractivity contribution < 1.29 is 5.11 Å². The zero-order valence-electron chi connectivity index (χ0n) is 8.29. The molecule has 1 aromatic heterocycles. The molecule has 1 aromatic carbocycles. The molecule has 2 rings (SSSR count). The van der Waals surface area contributed by atoms with Crippen molar-refractivity contribution in [2.75, 3.05) is 0 Å².